The van der Waals surface area contributed by atoms with Crippen molar-refractivity contribution in [1.29, 1.82) is 0 Å². The van der Waals surface area contributed by atoms with E-state index in [1.165, 1.54) is 4.90 Å². The summed E-state index contributed by atoms with van der Waals surface area (Å²) in [6.07, 6.45) is 5.16. The number of rotatable bonds is 8. The van der Waals surface area contributed by atoms with Crippen molar-refractivity contribution in [3.63, 3.8) is 0 Å². The lowest BCUT2D eigenvalue weighted by Crippen LogP contribution is -2.43. The number of fused-ring (bicyclic) bond motifs is 5. The molecule has 4 rings (SSSR count). The predicted octanol–water partition coefficient (Wildman–Crippen LogP) is 1.92. The average molecular weight is 565 g/mol. The number of nitrogens with one attached hydrogen (secondary N) is 3. The van der Waals surface area contributed by atoms with Crippen LogP contribution in [0, 0.1) is 23.7 Å². The first kappa shape index (κ1) is 25.2. The van der Waals surface area contributed by atoms with Crippen LogP contribution in [0.3, 0.4) is 0 Å². The molecule has 1 aliphatic heterocycles. The number of guanidine groups is 1. The van der Waals surface area contributed by atoms with Gasteiger partial charge >= 0.3 is 0 Å². The normalized spacial score (nSPS) is 25.2. The maximum absolute atomic E-state index is 12.8. The van der Waals surface area contributed by atoms with Gasteiger partial charge in [0.05, 0.1) is 18.4 Å². The van der Waals surface area contributed by atoms with Crippen LogP contribution < -0.4 is 16.0 Å². The Morgan fingerprint density at radius 3 is 2.15 bits per heavy atom. The molecule has 3 amide bonds. The smallest absolute Gasteiger partial charge is 0.251 e. The summed E-state index contributed by atoms with van der Waals surface area (Å²) in [6, 6.07) is 7.36. The van der Waals surface area contributed by atoms with Crippen LogP contribution in [0.15, 0.2) is 41.4 Å². The predicted molar refractivity (Wildman–Crippen MR) is 137 cm³/mol. The van der Waals surface area contributed by atoms with E-state index >= 15 is 0 Å². The summed E-state index contributed by atoms with van der Waals surface area (Å²) < 4.78 is 0. The van der Waals surface area contributed by atoms with Crippen LogP contribution in [0.1, 0.15) is 36.2 Å². The molecule has 0 spiro atoms. The molecule has 4 atom stereocenters. The van der Waals surface area contributed by atoms with Gasteiger partial charge in [0.15, 0.2) is 5.96 Å². The molecule has 1 aromatic carbocycles. The number of nitrogens with zero attached hydrogens (tertiary/aromatic N) is 2. The van der Waals surface area contributed by atoms with Gasteiger partial charge in [0.1, 0.15) is 0 Å². The summed E-state index contributed by atoms with van der Waals surface area (Å²) in [4.78, 5) is 43.5. The number of hydrogen-bond donors (Lipinski definition) is 3. The number of carbonyl (C=O) groups excluding carboxylic acids is 3. The molecule has 1 aromatic rings. The lowest BCUT2D eigenvalue weighted by molar-refractivity contribution is -0.140. The molecule has 3 aliphatic rings. The molecule has 0 radical (unpaired) electrons. The summed E-state index contributed by atoms with van der Waals surface area (Å²) >= 11 is 0. The number of benzene rings is 1. The van der Waals surface area contributed by atoms with E-state index in [1.54, 1.807) is 12.1 Å². The zero-order valence-corrected chi connectivity index (χ0v) is 21.4. The van der Waals surface area contributed by atoms with Gasteiger partial charge in [0, 0.05) is 31.7 Å². The van der Waals surface area contributed by atoms with Crippen LogP contribution in [0.2, 0.25) is 0 Å². The Bertz CT molecular complexity index is 916. The third-order valence-corrected chi connectivity index (χ3v) is 6.51. The number of amides is 3. The minimum atomic E-state index is -0.151. The Hall–Kier alpha value is -2.43. The van der Waals surface area contributed by atoms with E-state index in [9.17, 15) is 14.4 Å². The molecular weight excluding hydrogens is 533 g/mol. The first-order valence-electron chi connectivity index (χ1n) is 11.5. The first-order chi connectivity index (χ1) is 15.5. The topological polar surface area (TPSA) is 103 Å². The molecule has 3 N–H and O–H groups in total. The van der Waals surface area contributed by atoms with Gasteiger partial charge in [-0.05, 0) is 49.8 Å². The summed E-state index contributed by atoms with van der Waals surface area (Å²) in [5.41, 5.74) is 1.61. The highest BCUT2D eigenvalue weighted by Gasteiger charge is 2.58. The molecule has 9 heteroatoms. The fourth-order valence-electron chi connectivity index (χ4n) is 5.01. The number of carbonyl (C=O) groups is 3. The lowest BCUT2D eigenvalue weighted by atomic mass is 9.85. The molecule has 1 saturated heterocycles. The highest BCUT2D eigenvalue weighted by molar-refractivity contribution is 14.0. The SMILES string of the molecule is CCNC(=O)c1ccc(CN=C(NCC)NCCN2C(=O)C3C4C=CC(C4)C3C2=O)cc1.I. The summed E-state index contributed by atoms with van der Waals surface area (Å²) in [5.74, 6) is 0.664. The van der Waals surface area contributed by atoms with Crippen molar-refractivity contribution < 1.29 is 14.4 Å². The van der Waals surface area contributed by atoms with Crippen molar-refractivity contribution in [3.05, 3.63) is 47.5 Å². The van der Waals surface area contributed by atoms with E-state index in [0.29, 0.717) is 44.2 Å². The van der Waals surface area contributed by atoms with Gasteiger partial charge in [-0.1, -0.05) is 24.3 Å². The standard InChI is InChI=1S/C24H31N5O3.HI/c1-3-25-21(30)16-7-5-15(6-8-16)14-28-24(26-4-2)27-11-12-29-22(31)19-17-9-10-18(13-17)20(19)23(29)32;/h5-10,17-20H,3-4,11-14H2,1-2H3,(H,25,30)(H2,26,27,28);1H. The second-order valence-corrected chi connectivity index (χ2v) is 8.51. The zero-order chi connectivity index (χ0) is 22.7. The van der Waals surface area contributed by atoms with Gasteiger partial charge in [-0.15, -0.1) is 24.0 Å². The van der Waals surface area contributed by atoms with E-state index in [0.717, 1.165) is 12.0 Å². The van der Waals surface area contributed by atoms with Crippen LogP contribution >= 0.6 is 24.0 Å². The Morgan fingerprint density at radius 2 is 1.58 bits per heavy atom. The number of hydrogen-bond acceptors (Lipinski definition) is 4. The third kappa shape index (κ3) is 5.23. The van der Waals surface area contributed by atoms with Crippen LogP contribution in [0.4, 0.5) is 0 Å². The minimum Gasteiger partial charge on any atom is -0.357 e. The van der Waals surface area contributed by atoms with Crippen molar-refractivity contribution in [2.45, 2.75) is 26.8 Å². The summed E-state index contributed by atoms with van der Waals surface area (Å²) in [7, 11) is 0. The number of halogens is 1. The maximum Gasteiger partial charge on any atom is 0.251 e. The monoisotopic (exact) mass is 565 g/mol. The molecule has 2 bridgehead atoms. The Balaban J connectivity index is 0.00000306. The molecule has 2 aliphatic carbocycles. The van der Waals surface area contributed by atoms with Gasteiger partial charge in [-0.3, -0.25) is 19.3 Å². The summed E-state index contributed by atoms with van der Waals surface area (Å²) in [6.45, 7) is 6.40. The van der Waals surface area contributed by atoms with Gasteiger partial charge in [-0.25, -0.2) is 4.99 Å². The van der Waals surface area contributed by atoms with E-state index in [1.807, 2.05) is 26.0 Å². The van der Waals surface area contributed by atoms with Crippen molar-refractivity contribution in [3.8, 4) is 0 Å². The fourth-order valence-corrected chi connectivity index (χ4v) is 5.01. The second kappa shape index (κ2) is 11.1. The van der Waals surface area contributed by atoms with Gasteiger partial charge in [0.25, 0.3) is 5.91 Å². The van der Waals surface area contributed by atoms with E-state index in [-0.39, 0.29) is 65.4 Å². The quantitative estimate of drug-likeness (QED) is 0.147. The van der Waals surface area contributed by atoms with Crippen molar-refractivity contribution in [2.75, 3.05) is 26.2 Å². The molecule has 8 nitrogen and oxygen atoms in total. The summed E-state index contributed by atoms with van der Waals surface area (Å²) in [5, 5.41) is 9.19. The molecule has 178 valence electrons. The molecule has 1 heterocycles. The Labute approximate surface area is 211 Å². The number of aliphatic imine (C=N–C) groups is 1. The van der Waals surface area contributed by atoms with Crippen molar-refractivity contribution in [2.24, 2.45) is 28.7 Å². The van der Waals surface area contributed by atoms with Gasteiger partial charge in [-0.2, -0.15) is 0 Å². The number of allylic oxidation sites excluding steroid dienone is 2. The Kier molecular flexibility index (Phi) is 8.50. The van der Waals surface area contributed by atoms with Gasteiger partial charge in [0.2, 0.25) is 11.8 Å². The van der Waals surface area contributed by atoms with Crippen molar-refractivity contribution in [1.82, 2.24) is 20.9 Å². The van der Waals surface area contributed by atoms with Crippen LogP contribution in [0.5, 0.6) is 0 Å². The van der Waals surface area contributed by atoms with Crippen molar-refractivity contribution >= 4 is 47.7 Å². The van der Waals surface area contributed by atoms with Crippen LogP contribution in [-0.2, 0) is 16.1 Å². The van der Waals surface area contributed by atoms with Crippen LogP contribution in [0.25, 0.3) is 0 Å². The molecule has 1 saturated carbocycles. The number of imide groups is 1. The molecule has 4 unspecified atom stereocenters. The Morgan fingerprint density at radius 1 is 0.970 bits per heavy atom. The second-order valence-electron chi connectivity index (χ2n) is 8.51. The van der Waals surface area contributed by atoms with E-state index in [4.69, 9.17) is 0 Å². The maximum atomic E-state index is 12.8. The lowest BCUT2D eigenvalue weighted by Gasteiger charge is -2.18. The highest BCUT2D eigenvalue weighted by atomic mass is 127. The molecule has 33 heavy (non-hydrogen) atoms. The number of likely N-dealkylation sites (tertiary alicyclic amines) is 1. The first-order valence-corrected chi connectivity index (χ1v) is 11.5. The van der Waals surface area contributed by atoms with Crippen LogP contribution in [-0.4, -0.2) is 54.8 Å². The van der Waals surface area contributed by atoms with Gasteiger partial charge < -0.3 is 16.0 Å². The molecular formula is C24H32IN5O3. The molecule has 2 fully saturated rings. The van der Waals surface area contributed by atoms with E-state index in [2.05, 4.69) is 33.1 Å². The highest BCUT2D eigenvalue weighted by Crippen LogP contribution is 2.52. The largest absolute Gasteiger partial charge is 0.357 e. The fraction of sp³-hybridized carbons (Fsp3) is 0.500. The average Bonchev–Trinajstić information content (AvgIpc) is 3.47. The minimum absolute atomic E-state index is 0. The zero-order valence-electron chi connectivity index (χ0n) is 19.0. The van der Waals surface area contributed by atoms with E-state index < -0.39 is 0 Å². The molecule has 0 aromatic heterocycles. The third-order valence-electron chi connectivity index (χ3n) is 6.51.